The van der Waals surface area contributed by atoms with Crippen molar-refractivity contribution in [1.82, 2.24) is 4.98 Å². The van der Waals surface area contributed by atoms with E-state index >= 15 is 0 Å². The molecule has 0 bridgehead atoms. The molecule has 0 fully saturated rings. The number of nitrogens with zero attached hydrogens (tertiary/aromatic N) is 1. The molecule has 0 spiro atoms. The van der Waals surface area contributed by atoms with Crippen molar-refractivity contribution < 1.29 is 19.6 Å². The average Bonchev–Trinajstić information content (AvgIpc) is 2.24. The minimum Gasteiger partial charge on any atom is -0.464 e. The maximum Gasteiger partial charge on any atom is 0.480 e. The van der Waals surface area contributed by atoms with Gasteiger partial charge in [0.05, 0.1) is 7.11 Å². The van der Waals surface area contributed by atoms with Crippen LogP contribution in [0.2, 0.25) is 0 Å². The number of carbonyl (C=O) groups excluding carboxylic acids is 1. The number of hydrogen-bond donors (Lipinski definition) is 2. The highest BCUT2D eigenvalue weighted by molar-refractivity contribution is 6.48. The molecule has 2 N–H and O–H groups in total. The van der Waals surface area contributed by atoms with E-state index in [1.165, 1.54) is 25.2 Å². The van der Waals surface area contributed by atoms with E-state index < -0.39 is 13.1 Å². The number of methoxy groups -OCH3 is 1. The molecular weight excluding hydrogens is 209 g/mol. The van der Waals surface area contributed by atoms with Crippen LogP contribution in [0.3, 0.4) is 0 Å². The predicted molar refractivity (Wildman–Crippen MR) is 59.5 cm³/mol. The van der Waals surface area contributed by atoms with E-state index in [1.807, 2.05) is 0 Å². The van der Waals surface area contributed by atoms with Crippen molar-refractivity contribution in [3.63, 3.8) is 0 Å². The van der Waals surface area contributed by atoms with Crippen LogP contribution >= 0.6 is 0 Å². The molecule has 5 nitrogen and oxygen atoms in total. The van der Waals surface area contributed by atoms with Crippen LogP contribution in [-0.2, 0) is 4.74 Å². The van der Waals surface area contributed by atoms with E-state index in [0.29, 0.717) is 11.3 Å². The topological polar surface area (TPSA) is 79.7 Å². The Morgan fingerprint density at radius 2 is 2.19 bits per heavy atom. The van der Waals surface area contributed by atoms with Crippen molar-refractivity contribution in [1.29, 1.82) is 0 Å². The molecule has 0 amide bonds. The maximum absolute atomic E-state index is 11.2. The molecule has 1 heterocycles. The van der Waals surface area contributed by atoms with Gasteiger partial charge in [0.25, 0.3) is 0 Å². The zero-order valence-corrected chi connectivity index (χ0v) is 9.04. The number of rotatable bonds is 3. The summed E-state index contributed by atoms with van der Waals surface area (Å²) in [5, 5.41) is 17.3. The van der Waals surface area contributed by atoms with Crippen molar-refractivity contribution >= 4 is 19.2 Å². The smallest absolute Gasteiger partial charge is 0.464 e. The molecule has 0 aliphatic carbocycles. The highest BCUT2D eigenvalue weighted by Crippen LogP contribution is 2.08. The Morgan fingerprint density at radius 3 is 2.75 bits per heavy atom. The maximum atomic E-state index is 11.2. The Kier molecular flexibility index (Phi) is 4.22. The van der Waals surface area contributed by atoms with Crippen LogP contribution in [-0.4, -0.2) is 35.2 Å². The van der Waals surface area contributed by atoms with Gasteiger partial charge in [-0.25, -0.2) is 9.78 Å². The second kappa shape index (κ2) is 5.43. The van der Waals surface area contributed by atoms with Gasteiger partial charge in [0.2, 0.25) is 0 Å². The van der Waals surface area contributed by atoms with E-state index in [4.69, 9.17) is 10.0 Å². The summed E-state index contributed by atoms with van der Waals surface area (Å²) < 4.78 is 4.55. The van der Waals surface area contributed by atoms with Gasteiger partial charge in [-0.15, -0.1) is 0 Å². The van der Waals surface area contributed by atoms with Crippen molar-refractivity contribution in [2.45, 2.75) is 6.92 Å². The Bertz CT molecular complexity index is 417. The summed E-state index contributed by atoms with van der Waals surface area (Å²) in [5.74, 6) is 0.665. The Hall–Kier alpha value is -1.66. The van der Waals surface area contributed by atoms with E-state index in [9.17, 15) is 4.79 Å². The molecule has 0 radical (unpaired) electrons. The first-order valence-corrected chi connectivity index (χ1v) is 4.64. The molecule has 0 aliphatic heterocycles. The van der Waals surface area contributed by atoms with E-state index in [2.05, 4.69) is 9.72 Å². The van der Waals surface area contributed by atoms with Crippen molar-refractivity contribution in [2.24, 2.45) is 0 Å². The molecule has 1 rings (SSSR count). The van der Waals surface area contributed by atoms with Crippen LogP contribution in [0.25, 0.3) is 6.08 Å². The van der Waals surface area contributed by atoms with Crippen LogP contribution in [0, 0.1) is 6.92 Å². The monoisotopic (exact) mass is 221 g/mol. The van der Waals surface area contributed by atoms with Crippen LogP contribution < -0.4 is 0 Å². The van der Waals surface area contributed by atoms with Gasteiger partial charge >= 0.3 is 13.1 Å². The van der Waals surface area contributed by atoms with E-state index in [1.54, 1.807) is 13.0 Å². The van der Waals surface area contributed by atoms with Crippen LogP contribution in [0.5, 0.6) is 0 Å². The zero-order chi connectivity index (χ0) is 12.1. The summed E-state index contributed by atoms with van der Waals surface area (Å²) in [6, 6.07) is 3.23. The standard InChI is InChI=1S/C10H12BNO4/c1-7-5-8(3-4-11(14)15)6-9(12-7)10(13)16-2/h3-6,14-15H,1-2H3. The van der Waals surface area contributed by atoms with E-state index in [0.717, 1.165) is 0 Å². The number of ether oxygens (including phenoxy) is 1. The molecule has 0 aromatic carbocycles. The van der Waals surface area contributed by atoms with Crippen LogP contribution in [0.4, 0.5) is 0 Å². The highest BCUT2D eigenvalue weighted by Gasteiger charge is 2.08. The van der Waals surface area contributed by atoms with Gasteiger partial charge in [0.1, 0.15) is 5.69 Å². The Morgan fingerprint density at radius 1 is 1.50 bits per heavy atom. The van der Waals surface area contributed by atoms with Gasteiger partial charge in [0, 0.05) is 5.69 Å². The number of esters is 1. The third-order valence-corrected chi connectivity index (χ3v) is 1.83. The molecule has 0 saturated carbocycles. The summed E-state index contributed by atoms with van der Waals surface area (Å²) in [6.07, 6.45) is 1.49. The average molecular weight is 221 g/mol. The third kappa shape index (κ3) is 3.49. The third-order valence-electron chi connectivity index (χ3n) is 1.83. The lowest BCUT2D eigenvalue weighted by molar-refractivity contribution is 0.0593. The van der Waals surface area contributed by atoms with Gasteiger partial charge in [-0.05, 0) is 24.6 Å². The molecule has 1 aromatic heterocycles. The van der Waals surface area contributed by atoms with Crippen molar-refractivity contribution in [2.75, 3.05) is 7.11 Å². The minimum atomic E-state index is -1.52. The molecule has 6 heteroatoms. The Labute approximate surface area is 93.5 Å². The van der Waals surface area contributed by atoms with Crippen molar-refractivity contribution in [3.05, 3.63) is 35.1 Å². The van der Waals surface area contributed by atoms with Gasteiger partial charge < -0.3 is 14.8 Å². The number of aryl methyl sites for hydroxylation is 1. The highest BCUT2D eigenvalue weighted by atomic mass is 16.5. The molecule has 0 saturated heterocycles. The summed E-state index contributed by atoms with van der Waals surface area (Å²) in [5.41, 5.74) is 1.49. The lowest BCUT2D eigenvalue weighted by Gasteiger charge is -2.02. The summed E-state index contributed by atoms with van der Waals surface area (Å²) in [7, 11) is -0.241. The van der Waals surface area contributed by atoms with Crippen molar-refractivity contribution in [3.8, 4) is 0 Å². The molecule has 0 unspecified atom stereocenters. The van der Waals surface area contributed by atoms with Gasteiger partial charge in [-0.1, -0.05) is 12.1 Å². The number of pyridine rings is 1. The second-order valence-corrected chi connectivity index (χ2v) is 3.19. The fourth-order valence-electron chi connectivity index (χ4n) is 1.20. The lowest BCUT2D eigenvalue weighted by Crippen LogP contribution is -2.07. The van der Waals surface area contributed by atoms with Gasteiger partial charge in [0.15, 0.2) is 0 Å². The van der Waals surface area contributed by atoms with Crippen LogP contribution in [0.15, 0.2) is 18.1 Å². The van der Waals surface area contributed by atoms with Crippen LogP contribution in [0.1, 0.15) is 21.7 Å². The largest absolute Gasteiger partial charge is 0.480 e. The molecule has 16 heavy (non-hydrogen) atoms. The lowest BCUT2D eigenvalue weighted by atomic mass is 9.91. The second-order valence-electron chi connectivity index (χ2n) is 3.19. The quantitative estimate of drug-likeness (QED) is 0.563. The van der Waals surface area contributed by atoms with E-state index in [-0.39, 0.29) is 5.69 Å². The zero-order valence-electron chi connectivity index (χ0n) is 9.04. The van der Waals surface area contributed by atoms with Gasteiger partial charge in [-0.3, -0.25) is 0 Å². The predicted octanol–water partition coefficient (Wildman–Crippen LogP) is 0.202. The first-order valence-electron chi connectivity index (χ1n) is 4.64. The van der Waals surface area contributed by atoms with Gasteiger partial charge in [-0.2, -0.15) is 0 Å². The molecule has 0 aliphatic rings. The summed E-state index contributed by atoms with van der Waals surface area (Å²) >= 11 is 0. The minimum absolute atomic E-state index is 0.189. The summed E-state index contributed by atoms with van der Waals surface area (Å²) in [6.45, 7) is 1.74. The molecule has 0 atom stereocenters. The number of aromatic nitrogens is 1. The number of hydrogen-bond acceptors (Lipinski definition) is 5. The molecule has 84 valence electrons. The molecular formula is C10H12BNO4. The number of carbonyl (C=O) groups is 1. The Balaban J connectivity index is 3.03. The molecule has 1 aromatic rings. The SMILES string of the molecule is COC(=O)c1cc(C=CB(O)O)cc(C)n1. The first kappa shape index (κ1) is 12.4. The fourth-order valence-corrected chi connectivity index (χ4v) is 1.20. The summed E-state index contributed by atoms with van der Waals surface area (Å²) in [4.78, 5) is 15.2. The first-order chi connectivity index (χ1) is 7.52. The fraction of sp³-hybridized carbons (Fsp3) is 0.200. The normalized spacial score (nSPS) is 10.5.